The highest BCUT2D eigenvalue weighted by molar-refractivity contribution is 5.66. The molecule has 1 aromatic rings. The third-order valence-electron chi connectivity index (χ3n) is 4.79. The fraction of sp³-hybridized carbons (Fsp3) is 0.650. The molecule has 2 rings (SSSR count). The quantitative estimate of drug-likeness (QED) is 0.668. The van der Waals surface area contributed by atoms with Crippen molar-refractivity contribution in [3.63, 3.8) is 0 Å². The molecule has 1 heterocycles. The second kappa shape index (κ2) is 9.80. The van der Waals surface area contributed by atoms with Crippen molar-refractivity contribution in [2.75, 3.05) is 6.61 Å². The lowest BCUT2D eigenvalue weighted by Crippen LogP contribution is -2.38. The molecule has 4 heteroatoms. The normalized spacial score (nSPS) is 24.0. The SMILES string of the molecule is CCC1OCC(c2ccccc2C)C(CCCCCCC(=O)O)O1. The van der Waals surface area contributed by atoms with Crippen molar-refractivity contribution in [1.29, 1.82) is 0 Å². The number of unbranched alkanes of at least 4 members (excludes halogenated alkanes) is 3. The summed E-state index contributed by atoms with van der Waals surface area (Å²) in [5.74, 6) is -0.416. The van der Waals surface area contributed by atoms with Crippen molar-refractivity contribution in [2.24, 2.45) is 0 Å². The van der Waals surface area contributed by atoms with Gasteiger partial charge < -0.3 is 14.6 Å². The van der Waals surface area contributed by atoms with Crippen LogP contribution in [0.4, 0.5) is 0 Å². The number of aliphatic carboxylic acids is 1. The van der Waals surface area contributed by atoms with Crippen LogP contribution in [0.3, 0.4) is 0 Å². The summed E-state index contributed by atoms with van der Waals surface area (Å²) in [7, 11) is 0. The molecular weight excluding hydrogens is 304 g/mol. The molecule has 0 spiro atoms. The molecule has 4 nitrogen and oxygen atoms in total. The van der Waals surface area contributed by atoms with Gasteiger partial charge in [-0.15, -0.1) is 0 Å². The minimum absolute atomic E-state index is 0.0951. The Morgan fingerprint density at radius 2 is 1.96 bits per heavy atom. The maximum absolute atomic E-state index is 10.5. The third-order valence-corrected chi connectivity index (χ3v) is 4.79. The molecule has 1 aliphatic heterocycles. The second-order valence-electron chi connectivity index (χ2n) is 6.66. The van der Waals surface area contributed by atoms with Gasteiger partial charge in [-0.05, 0) is 37.3 Å². The lowest BCUT2D eigenvalue weighted by molar-refractivity contribution is -0.223. The molecule has 0 radical (unpaired) electrons. The van der Waals surface area contributed by atoms with E-state index in [0.717, 1.165) is 38.5 Å². The maximum atomic E-state index is 10.5. The lowest BCUT2D eigenvalue weighted by Gasteiger charge is -2.37. The van der Waals surface area contributed by atoms with Gasteiger partial charge in [0.05, 0.1) is 12.7 Å². The summed E-state index contributed by atoms with van der Waals surface area (Å²) < 4.78 is 12.0. The fourth-order valence-corrected chi connectivity index (χ4v) is 3.40. The van der Waals surface area contributed by atoms with Crippen molar-refractivity contribution in [2.45, 2.75) is 77.1 Å². The lowest BCUT2D eigenvalue weighted by atomic mass is 9.87. The van der Waals surface area contributed by atoms with Crippen molar-refractivity contribution < 1.29 is 19.4 Å². The van der Waals surface area contributed by atoms with Gasteiger partial charge in [-0.1, -0.05) is 50.5 Å². The molecular formula is C20H30O4. The zero-order valence-corrected chi connectivity index (χ0v) is 14.9. The standard InChI is InChI=1S/C20H30O4/c1-3-20-23-14-17(16-11-9-8-10-15(16)2)18(24-20)12-6-4-5-7-13-19(21)22/h8-11,17-18,20H,3-7,12-14H2,1-2H3,(H,21,22). The summed E-state index contributed by atoms with van der Waals surface area (Å²) in [5, 5.41) is 8.68. The van der Waals surface area contributed by atoms with Gasteiger partial charge >= 0.3 is 5.97 Å². The number of hydrogen-bond acceptors (Lipinski definition) is 3. The molecule has 0 amide bonds. The van der Waals surface area contributed by atoms with Crippen molar-refractivity contribution >= 4 is 5.97 Å². The van der Waals surface area contributed by atoms with Gasteiger partial charge in [0.2, 0.25) is 0 Å². The van der Waals surface area contributed by atoms with Gasteiger partial charge in [-0.25, -0.2) is 0 Å². The van der Waals surface area contributed by atoms with Gasteiger partial charge in [0.1, 0.15) is 0 Å². The molecule has 24 heavy (non-hydrogen) atoms. The van der Waals surface area contributed by atoms with Crippen molar-refractivity contribution in [3.05, 3.63) is 35.4 Å². The first kappa shape index (κ1) is 18.9. The Morgan fingerprint density at radius 3 is 2.67 bits per heavy atom. The average Bonchev–Trinajstić information content (AvgIpc) is 2.58. The topological polar surface area (TPSA) is 55.8 Å². The van der Waals surface area contributed by atoms with Crippen LogP contribution in [0.25, 0.3) is 0 Å². The number of carbonyl (C=O) groups is 1. The summed E-state index contributed by atoms with van der Waals surface area (Å²) in [6, 6.07) is 8.47. The Kier molecular flexibility index (Phi) is 7.73. The number of carboxylic acid groups (broad SMARTS) is 1. The molecule has 1 saturated heterocycles. The van der Waals surface area contributed by atoms with E-state index in [2.05, 4.69) is 38.1 Å². The van der Waals surface area contributed by atoms with Gasteiger partial charge in [-0.2, -0.15) is 0 Å². The highest BCUT2D eigenvalue weighted by Gasteiger charge is 2.32. The number of rotatable bonds is 9. The van der Waals surface area contributed by atoms with E-state index in [9.17, 15) is 4.79 Å². The van der Waals surface area contributed by atoms with E-state index in [-0.39, 0.29) is 24.7 Å². The Hall–Kier alpha value is -1.39. The van der Waals surface area contributed by atoms with Crippen LogP contribution in [0.15, 0.2) is 24.3 Å². The molecule has 3 unspecified atom stereocenters. The molecule has 3 atom stereocenters. The highest BCUT2D eigenvalue weighted by atomic mass is 16.7. The smallest absolute Gasteiger partial charge is 0.303 e. The molecule has 134 valence electrons. The van der Waals surface area contributed by atoms with E-state index in [1.54, 1.807) is 0 Å². The first-order valence-electron chi connectivity index (χ1n) is 9.16. The number of carboxylic acids is 1. The van der Waals surface area contributed by atoms with Crippen molar-refractivity contribution in [3.8, 4) is 0 Å². The van der Waals surface area contributed by atoms with Crippen LogP contribution < -0.4 is 0 Å². The third kappa shape index (κ3) is 5.60. The number of benzene rings is 1. The van der Waals surface area contributed by atoms with E-state index >= 15 is 0 Å². The molecule has 1 aliphatic rings. The monoisotopic (exact) mass is 334 g/mol. The van der Waals surface area contributed by atoms with E-state index in [1.165, 1.54) is 11.1 Å². The van der Waals surface area contributed by atoms with E-state index < -0.39 is 5.97 Å². The van der Waals surface area contributed by atoms with Crippen LogP contribution in [-0.4, -0.2) is 30.1 Å². The Balaban J connectivity index is 1.89. The molecule has 1 N–H and O–H groups in total. The Bertz CT molecular complexity index is 514. The minimum Gasteiger partial charge on any atom is -0.481 e. The molecule has 0 bridgehead atoms. The van der Waals surface area contributed by atoms with E-state index in [0.29, 0.717) is 6.61 Å². The molecule has 1 fully saturated rings. The van der Waals surface area contributed by atoms with Gasteiger partial charge in [0.15, 0.2) is 6.29 Å². The minimum atomic E-state index is -0.701. The van der Waals surface area contributed by atoms with E-state index in [1.807, 2.05) is 0 Å². The molecule has 0 aliphatic carbocycles. The number of aryl methyl sites for hydroxylation is 1. The highest BCUT2D eigenvalue weighted by Crippen LogP contribution is 2.33. The van der Waals surface area contributed by atoms with Gasteiger partial charge in [0.25, 0.3) is 0 Å². The van der Waals surface area contributed by atoms with Gasteiger partial charge in [-0.3, -0.25) is 4.79 Å². The van der Waals surface area contributed by atoms with Crippen LogP contribution in [-0.2, 0) is 14.3 Å². The molecule has 1 aromatic carbocycles. The first-order valence-corrected chi connectivity index (χ1v) is 9.16. The Morgan fingerprint density at radius 1 is 1.21 bits per heavy atom. The summed E-state index contributed by atoms with van der Waals surface area (Å²) in [5.41, 5.74) is 2.61. The Labute approximate surface area is 145 Å². The maximum Gasteiger partial charge on any atom is 0.303 e. The zero-order chi connectivity index (χ0) is 17.4. The predicted octanol–water partition coefficient (Wildman–Crippen LogP) is 4.66. The van der Waals surface area contributed by atoms with Gasteiger partial charge in [0, 0.05) is 12.3 Å². The van der Waals surface area contributed by atoms with Crippen LogP contribution in [0.1, 0.15) is 68.9 Å². The first-order chi connectivity index (χ1) is 11.6. The molecule has 0 aromatic heterocycles. The average molecular weight is 334 g/mol. The predicted molar refractivity (Wildman–Crippen MR) is 94.2 cm³/mol. The van der Waals surface area contributed by atoms with E-state index in [4.69, 9.17) is 14.6 Å². The van der Waals surface area contributed by atoms with Crippen LogP contribution >= 0.6 is 0 Å². The van der Waals surface area contributed by atoms with Crippen LogP contribution in [0.2, 0.25) is 0 Å². The summed E-state index contributed by atoms with van der Waals surface area (Å²) in [4.78, 5) is 10.5. The molecule has 0 saturated carbocycles. The largest absolute Gasteiger partial charge is 0.481 e. The van der Waals surface area contributed by atoms with Crippen molar-refractivity contribution in [1.82, 2.24) is 0 Å². The summed E-state index contributed by atoms with van der Waals surface area (Å²) in [6.45, 7) is 4.94. The summed E-state index contributed by atoms with van der Waals surface area (Å²) >= 11 is 0. The van der Waals surface area contributed by atoms with Crippen LogP contribution in [0, 0.1) is 6.92 Å². The number of hydrogen-bond donors (Lipinski definition) is 1. The van der Waals surface area contributed by atoms with Crippen LogP contribution in [0.5, 0.6) is 0 Å². The fourth-order valence-electron chi connectivity index (χ4n) is 3.40. The number of ether oxygens (including phenoxy) is 2. The second-order valence-corrected chi connectivity index (χ2v) is 6.66. The summed E-state index contributed by atoms with van der Waals surface area (Å²) in [6.07, 6.45) is 6.12. The zero-order valence-electron chi connectivity index (χ0n) is 14.9.